The molecular formula is C18H21NO6S. The summed E-state index contributed by atoms with van der Waals surface area (Å²) in [5.74, 6) is -0.447. The van der Waals surface area contributed by atoms with E-state index in [1.807, 2.05) is 6.08 Å². The predicted octanol–water partition coefficient (Wildman–Crippen LogP) is 1.99. The molecule has 140 valence electrons. The second-order valence-electron chi connectivity index (χ2n) is 5.69. The lowest BCUT2D eigenvalue weighted by Crippen LogP contribution is -2.11. The molecule has 0 spiro atoms. The van der Waals surface area contributed by atoms with Gasteiger partial charge in [0.25, 0.3) is 0 Å². The standard InChI is InChI=1S/C18H21NO6S/c1-26(22,23)17-7-5-14(6-8-17)12-24-10-9-19-15-3-2-4-16(11-15)25-13-18(20)21/h2-8H,9-13H2,1H3,(H,20,21). The Hall–Kier alpha value is -2.45. The van der Waals surface area contributed by atoms with Crippen LogP contribution in [0, 0.1) is 0 Å². The fourth-order valence-corrected chi connectivity index (χ4v) is 2.83. The van der Waals surface area contributed by atoms with Crippen molar-refractivity contribution in [2.45, 2.75) is 17.9 Å². The molecule has 8 heteroatoms. The Kier molecular flexibility index (Phi) is 7.11. The highest BCUT2D eigenvalue weighted by Crippen LogP contribution is 2.12. The summed E-state index contributed by atoms with van der Waals surface area (Å²) >= 11 is 0. The van der Waals surface area contributed by atoms with Crippen molar-refractivity contribution >= 4 is 21.5 Å². The molecule has 0 bridgehead atoms. The summed E-state index contributed by atoms with van der Waals surface area (Å²) in [7, 11) is -3.19. The maximum atomic E-state index is 11.4. The number of hydrogen-bond acceptors (Lipinski definition) is 6. The van der Waals surface area contributed by atoms with Gasteiger partial charge in [0.1, 0.15) is 5.76 Å². The molecular weight excluding hydrogens is 358 g/mol. The molecule has 1 aliphatic carbocycles. The zero-order valence-electron chi connectivity index (χ0n) is 14.4. The molecule has 1 aliphatic rings. The second kappa shape index (κ2) is 9.30. The van der Waals surface area contributed by atoms with Crippen LogP contribution in [0.15, 0.2) is 58.1 Å². The zero-order chi connectivity index (χ0) is 19.0. The summed E-state index contributed by atoms with van der Waals surface area (Å²) in [5.41, 5.74) is 1.68. The van der Waals surface area contributed by atoms with Crippen molar-refractivity contribution in [2.75, 3.05) is 26.0 Å². The number of carboxylic acid groups (broad SMARTS) is 1. The van der Waals surface area contributed by atoms with Crippen LogP contribution in [0.1, 0.15) is 12.0 Å². The number of aliphatic carboxylic acids is 1. The van der Waals surface area contributed by atoms with E-state index >= 15 is 0 Å². The Balaban J connectivity index is 1.72. The van der Waals surface area contributed by atoms with Gasteiger partial charge in [0.05, 0.1) is 24.7 Å². The molecule has 1 N–H and O–H groups in total. The van der Waals surface area contributed by atoms with Gasteiger partial charge in [-0.2, -0.15) is 0 Å². The largest absolute Gasteiger partial charge is 0.486 e. The highest BCUT2D eigenvalue weighted by molar-refractivity contribution is 7.90. The van der Waals surface area contributed by atoms with Gasteiger partial charge in [0.2, 0.25) is 0 Å². The van der Waals surface area contributed by atoms with E-state index in [4.69, 9.17) is 14.6 Å². The first kappa shape index (κ1) is 19.9. The van der Waals surface area contributed by atoms with Crippen molar-refractivity contribution in [2.24, 2.45) is 4.99 Å². The van der Waals surface area contributed by atoms with Crippen molar-refractivity contribution in [3.8, 4) is 0 Å². The van der Waals surface area contributed by atoms with Crippen molar-refractivity contribution in [3.05, 3.63) is 53.8 Å². The van der Waals surface area contributed by atoms with Gasteiger partial charge < -0.3 is 14.6 Å². The van der Waals surface area contributed by atoms with Crippen LogP contribution < -0.4 is 0 Å². The maximum Gasteiger partial charge on any atom is 0.341 e. The van der Waals surface area contributed by atoms with Crippen molar-refractivity contribution in [1.29, 1.82) is 0 Å². The van der Waals surface area contributed by atoms with Gasteiger partial charge in [-0.25, -0.2) is 13.2 Å². The van der Waals surface area contributed by atoms with Crippen LogP contribution in [0.3, 0.4) is 0 Å². The minimum absolute atomic E-state index is 0.283. The Morgan fingerprint density at radius 3 is 2.65 bits per heavy atom. The molecule has 0 heterocycles. The van der Waals surface area contributed by atoms with Crippen LogP contribution in [-0.2, 0) is 30.7 Å². The van der Waals surface area contributed by atoms with Crippen molar-refractivity contribution in [1.82, 2.24) is 0 Å². The number of carboxylic acids is 1. The van der Waals surface area contributed by atoms with Crippen molar-refractivity contribution in [3.63, 3.8) is 0 Å². The lowest BCUT2D eigenvalue weighted by Gasteiger charge is -2.11. The smallest absolute Gasteiger partial charge is 0.341 e. The first-order chi connectivity index (χ1) is 12.3. The van der Waals surface area contributed by atoms with E-state index in [0.29, 0.717) is 31.9 Å². The highest BCUT2D eigenvalue weighted by atomic mass is 32.2. The number of aliphatic imine (C=N–C) groups is 1. The summed E-state index contributed by atoms with van der Waals surface area (Å²) in [6.45, 7) is 0.888. The summed E-state index contributed by atoms with van der Waals surface area (Å²) in [6.07, 6.45) is 6.96. The number of ether oxygens (including phenoxy) is 2. The molecule has 0 saturated carbocycles. The first-order valence-corrected chi connectivity index (χ1v) is 9.85. The summed E-state index contributed by atoms with van der Waals surface area (Å²) in [4.78, 5) is 15.2. The van der Waals surface area contributed by atoms with Crippen LogP contribution in [-0.4, -0.2) is 51.2 Å². The normalized spacial score (nSPS) is 15.7. The van der Waals surface area contributed by atoms with Gasteiger partial charge in [-0.3, -0.25) is 4.99 Å². The number of benzene rings is 1. The molecule has 0 atom stereocenters. The summed E-state index contributed by atoms with van der Waals surface area (Å²) in [6, 6.07) is 6.57. The van der Waals surface area contributed by atoms with Gasteiger partial charge in [-0.05, 0) is 29.8 Å². The minimum Gasteiger partial charge on any atom is -0.486 e. The molecule has 0 unspecified atom stereocenters. The molecule has 2 rings (SSSR count). The third kappa shape index (κ3) is 6.81. The monoisotopic (exact) mass is 379 g/mol. The summed E-state index contributed by atoms with van der Waals surface area (Å²) in [5, 5.41) is 8.61. The second-order valence-corrected chi connectivity index (χ2v) is 7.71. The molecule has 1 aromatic rings. The molecule has 1 aromatic carbocycles. The topological polar surface area (TPSA) is 102 Å². The zero-order valence-corrected chi connectivity index (χ0v) is 15.2. The molecule has 0 amide bonds. The van der Waals surface area contributed by atoms with Gasteiger partial charge in [-0.1, -0.05) is 18.2 Å². The average molecular weight is 379 g/mol. The number of carbonyl (C=O) groups is 1. The third-order valence-electron chi connectivity index (χ3n) is 3.48. The van der Waals surface area contributed by atoms with Crippen LogP contribution in [0.5, 0.6) is 0 Å². The molecule has 0 aliphatic heterocycles. The molecule has 0 aromatic heterocycles. The summed E-state index contributed by atoms with van der Waals surface area (Å²) < 4.78 is 33.5. The molecule has 26 heavy (non-hydrogen) atoms. The van der Waals surface area contributed by atoms with E-state index in [2.05, 4.69) is 4.99 Å². The number of allylic oxidation sites excluding steroid dienone is 4. The number of rotatable bonds is 9. The van der Waals surface area contributed by atoms with Gasteiger partial charge in [0.15, 0.2) is 16.4 Å². The minimum atomic E-state index is -3.19. The van der Waals surface area contributed by atoms with Gasteiger partial charge in [-0.15, -0.1) is 0 Å². The third-order valence-corrected chi connectivity index (χ3v) is 4.61. The Morgan fingerprint density at radius 1 is 1.27 bits per heavy atom. The van der Waals surface area contributed by atoms with Crippen molar-refractivity contribution < 1.29 is 27.8 Å². The molecule has 0 radical (unpaired) electrons. The molecule has 0 fully saturated rings. The lowest BCUT2D eigenvalue weighted by molar-refractivity contribution is -0.140. The SMILES string of the molecule is CS(=O)(=O)c1ccc(COCCN=C2C=CC=C(OCC(=O)O)C2)cc1. The van der Waals surface area contributed by atoms with Crippen LogP contribution in [0.4, 0.5) is 0 Å². The highest BCUT2D eigenvalue weighted by Gasteiger charge is 2.08. The van der Waals surface area contributed by atoms with Crippen LogP contribution >= 0.6 is 0 Å². The van der Waals surface area contributed by atoms with E-state index in [-0.39, 0.29) is 11.5 Å². The van der Waals surface area contributed by atoms with E-state index in [9.17, 15) is 13.2 Å². The predicted molar refractivity (Wildman–Crippen MR) is 96.9 cm³/mol. The Bertz CT molecular complexity index is 822. The van der Waals surface area contributed by atoms with Crippen LogP contribution in [0.25, 0.3) is 0 Å². The fraction of sp³-hybridized carbons (Fsp3) is 0.333. The Morgan fingerprint density at radius 2 is 2.00 bits per heavy atom. The first-order valence-electron chi connectivity index (χ1n) is 7.96. The van der Waals surface area contributed by atoms with Crippen LogP contribution in [0.2, 0.25) is 0 Å². The van der Waals surface area contributed by atoms with E-state index in [1.54, 1.807) is 36.4 Å². The maximum absolute atomic E-state index is 11.4. The number of hydrogen-bond donors (Lipinski definition) is 1. The number of nitrogens with zero attached hydrogens (tertiary/aromatic N) is 1. The molecule has 7 nitrogen and oxygen atoms in total. The lowest BCUT2D eigenvalue weighted by atomic mass is 10.1. The fourth-order valence-electron chi connectivity index (χ4n) is 2.20. The van der Waals surface area contributed by atoms with Gasteiger partial charge >= 0.3 is 5.97 Å². The quantitative estimate of drug-likeness (QED) is 0.658. The molecule has 0 saturated heterocycles. The van der Waals surface area contributed by atoms with E-state index < -0.39 is 15.8 Å². The van der Waals surface area contributed by atoms with E-state index in [1.165, 1.54) is 6.26 Å². The average Bonchev–Trinajstić information content (AvgIpc) is 2.60. The Labute approximate surface area is 152 Å². The number of sulfone groups is 1. The van der Waals surface area contributed by atoms with Gasteiger partial charge in [0, 0.05) is 18.4 Å². The van der Waals surface area contributed by atoms with E-state index in [0.717, 1.165) is 11.3 Å².